The van der Waals surface area contributed by atoms with E-state index in [2.05, 4.69) is 10.3 Å². The summed E-state index contributed by atoms with van der Waals surface area (Å²) in [4.78, 5) is 26.7. The van der Waals surface area contributed by atoms with E-state index in [4.69, 9.17) is 5.11 Å². The number of amides is 1. The molecule has 0 saturated carbocycles. The highest BCUT2D eigenvalue weighted by atomic mass is 16.4. The van der Waals surface area contributed by atoms with E-state index in [1.807, 2.05) is 0 Å². The monoisotopic (exact) mass is 272 g/mol. The van der Waals surface area contributed by atoms with Gasteiger partial charge in [0.15, 0.2) is 0 Å². The molecule has 0 spiro atoms. The molecule has 0 aliphatic heterocycles. The number of carbonyl (C=O) groups is 2. The van der Waals surface area contributed by atoms with Crippen molar-refractivity contribution in [3.63, 3.8) is 0 Å². The Hall–Kier alpha value is -2.89. The molecule has 0 unspecified atom stereocenters. The van der Waals surface area contributed by atoms with Gasteiger partial charge in [0.25, 0.3) is 0 Å². The fourth-order valence-corrected chi connectivity index (χ4v) is 1.71. The van der Waals surface area contributed by atoms with Gasteiger partial charge in [-0.05, 0) is 29.8 Å². The van der Waals surface area contributed by atoms with Gasteiger partial charge in [-0.3, -0.25) is 4.79 Å². The molecular weight excluding hydrogens is 260 g/mol. The van der Waals surface area contributed by atoms with Crippen LogP contribution in [0.25, 0.3) is 0 Å². The van der Waals surface area contributed by atoms with Gasteiger partial charge in [-0.15, -0.1) is 0 Å². The molecule has 1 heterocycles. The molecule has 0 atom stereocenters. The van der Waals surface area contributed by atoms with Gasteiger partial charge in [-0.1, -0.05) is 12.1 Å². The van der Waals surface area contributed by atoms with Crippen molar-refractivity contribution >= 4 is 17.7 Å². The largest absolute Gasteiger partial charge is 0.508 e. The quantitative estimate of drug-likeness (QED) is 0.786. The predicted octanol–water partition coefficient (Wildman–Crippen LogP) is 1.67. The number of rotatable bonds is 4. The number of pyridine rings is 1. The highest BCUT2D eigenvalue weighted by molar-refractivity contribution is 5.99. The van der Waals surface area contributed by atoms with Gasteiger partial charge in [-0.2, -0.15) is 0 Å². The number of carbonyl (C=O) groups excluding carboxylic acids is 1. The SMILES string of the molecule is O=C(Cc1cccc(O)c1)Nc1ncccc1C(=O)O. The molecule has 6 heteroatoms. The molecule has 3 N–H and O–H groups in total. The number of aromatic carboxylic acids is 1. The third-order valence-corrected chi connectivity index (χ3v) is 2.57. The molecule has 6 nitrogen and oxygen atoms in total. The second kappa shape index (κ2) is 5.83. The summed E-state index contributed by atoms with van der Waals surface area (Å²) in [5, 5.41) is 20.7. The molecule has 0 aliphatic carbocycles. The number of hydrogen-bond acceptors (Lipinski definition) is 4. The average Bonchev–Trinajstić information content (AvgIpc) is 2.38. The number of carboxylic acid groups (broad SMARTS) is 1. The van der Waals surface area contributed by atoms with E-state index < -0.39 is 11.9 Å². The van der Waals surface area contributed by atoms with E-state index in [-0.39, 0.29) is 23.6 Å². The zero-order chi connectivity index (χ0) is 14.5. The fraction of sp³-hybridized carbons (Fsp3) is 0.0714. The summed E-state index contributed by atoms with van der Waals surface area (Å²) in [6.45, 7) is 0. The number of phenols is 1. The maximum Gasteiger partial charge on any atom is 0.339 e. The van der Waals surface area contributed by atoms with E-state index in [9.17, 15) is 14.7 Å². The Morgan fingerprint density at radius 3 is 2.70 bits per heavy atom. The van der Waals surface area contributed by atoms with Crippen LogP contribution < -0.4 is 5.32 Å². The summed E-state index contributed by atoms with van der Waals surface area (Å²) in [5.74, 6) is -1.49. The van der Waals surface area contributed by atoms with Gasteiger partial charge in [0.05, 0.1) is 6.42 Å². The smallest absolute Gasteiger partial charge is 0.339 e. The minimum atomic E-state index is -1.16. The van der Waals surface area contributed by atoms with Crippen molar-refractivity contribution in [3.05, 3.63) is 53.7 Å². The summed E-state index contributed by atoms with van der Waals surface area (Å²) < 4.78 is 0. The minimum Gasteiger partial charge on any atom is -0.508 e. The maximum absolute atomic E-state index is 11.8. The van der Waals surface area contributed by atoms with Crippen molar-refractivity contribution in [2.75, 3.05) is 5.32 Å². The minimum absolute atomic E-state index is 0.00477. The van der Waals surface area contributed by atoms with Crippen LogP contribution in [0.3, 0.4) is 0 Å². The standard InChI is InChI=1S/C14H12N2O4/c17-10-4-1-3-9(7-10)8-12(18)16-13-11(14(19)20)5-2-6-15-13/h1-7,17H,8H2,(H,19,20)(H,15,16,18). The van der Waals surface area contributed by atoms with E-state index in [0.717, 1.165) is 0 Å². The van der Waals surface area contributed by atoms with Gasteiger partial charge in [-0.25, -0.2) is 9.78 Å². The van der Waals surface area contributed by atoms with Gasteiger partial charge >= 0.3 is 5.97 Å². The zero-order valence-electron chi connectivity index (χ0n) is 10.4. The highest BCUT2D eigenvalue weighted by Gasteiger charge is 2.13. The molecular formula is C14H12N2O4. The summed E-state index contributed by atoms with van der Waals surface area (Å²) in [6, 6.07) is 9.13. The van der Waals surface area contributed by atoms with Crippen LogP contribution in [-0.4, -0.2) is 27.1 Å². The first-order chi connectivity index (χ1) is 9.56. The molecule has 102 valence electrons. The second-order valence-electron chi connectivity index (χ2n) is 4.10. The van der Waals surface area contributed by atoms with Crippen LogP contribution in [0.2, 0.25) is 0 Å². The van der Waals surface area contributed by atoms with Gasteiger partial charge < -0.3 is 15.5 Å². The molecule has 2 rings (SSSR count). The lowest BCUT2D eigenvalue weighted by Gasteiger charge is -2.07. The van der Waals surface area contributed by atoms with Crippen molar-refractivity contribution in [1.82, 2.24) is 4.98 Å². The number of nitrogens with zero attached hydrogens (tertiary/aromatic N) is 1. The molecule has 1 aromatic heterocycles. The summed E-state index contributed by atoms with van der Waals surface area (Å²) in [5.41, 5.74) is 0.548. The Balaban J connectivity index is 2.11. The van der Waals surface area contributed by atoms with Crippen LogP contribution in [0.1, 0.15) is 15.9 Å². The molecule has 0 fully saturated rings. The third-order valence-electron chi connectivity index (χ3n) is 2.57. The number of anilines is 1. The summed E-state index contributed by atoms with van der Waals surface area (Å²) in [7, 11) is 0. The van der Waals surface area contributed by atoms with E-state index in [1.165, 1.54) is 30.5 Å². The number of benzene rings is 1. The van der Waals surface area contributed by atoms with E-state index in [0.29, 0.717) is 5.56 Å². The Morgan fingerprint density at radius 2 is 2.00 bits per heavy atom. The van der Waals surface area contributed by atoms with Crippen LogP contribution in [0.5, 0.6) is 5.75 Å². The van der Waals surface area contributed by atoms with Crippen molar-refractivity contribution < 1.29 is 19.8 Å². The number of nitrogens with one attached hydrogen (secondary N) is 1. The molecule has 20 heavy (non-hydrogen) atoms. The first kappa shape index (κ1) is 13.5. The molecule has 1 aromatic carbocycles. The van der Waals surface area contributed by atoms with Crippen molar-refractivity contribution in [2.24, 2.45) is 0 Å². The van der Waals surface area contributed by atoms with Crippen molar-refractivity contribution in [3.8, 4) is 5.75 Å². The lowest BCUT2D eigenvalue weighted by molar-refractivity contribution is -0.115. The normalized spacial score (nSPS) is 10.0. The zero-order valence-corrected chi connectivity index (χ0v) is 10.4. The van der Waals surface area contributed by atoms with Gasteiger partial charge in [0.2, 0.25) is 5.91 Å². The van der Waals surface area contributed by atoms with Crippen LogP contribution in [0, 0.1) is 0 Å². The van der Waals surface area contributed by atoms with Crippen LogP contribution in [0.15, 0.2) is 42.6 Å². The predicted molar refractivity (Wildman–Crippen MR) is 71.6 cm³/mol. The highest BCUT2D eigenvalue weighted by Crippen LogP contribution is 2.14. The van der Waals surface area contributed by atoms with Crippen LogP contribution in [-0.2, 0) is 11.2 Å². The van der Waals surface area contributed by atoms with Crippen LogP contribution in [0.4, 0.5) is 5.82 Å². The topological polar surface area (TPSA) is 99.5 Å². The Kier molecular flexibility index (Phi) is 3.95. The molecule has 0 radical (unpaired) electrons. The van der Waals surface area contributed by atoms with Gasteiger partial charge in [0.1, 0.15) is 17.1 Å². The second-order valence-corrected chi connectivity index (χ2v) is 4.10. The number of phenolic OH excluding ortho intramolecular Hbond substituents is 1. The van der Waals surface area contributed by atoms with Crippen LogP contribution >= 0.6 is 0 Å². The maximum atomic E-state index is 11.8. The van der Waals surface area contributed by atoms with E-state index in [1.54, 1.807) is 12.1 Å². The number of aromatic nitrogens is 1. The van der Waals surface area contributed by atoms with Gasteiger partial charge in [0, 0.05) is 6.20 Å². The summed E-state index contributed by atoms with van der Waals surface area (Å²) >= 11 is 0. The Bertz CT molecular complexity index is 655. The molecule has 0 saturated heterocycles. The fourth-order valence-electron chi connectivity index (χ4n) is 1.71. The molecule has 1 amide bonds. The Morgan fingerprint density at radius 1 is 1.20 bits per heavy atom. The molecule has 2 aromatic rings. The van der Waals surface area contributed by atoms with E-state index >= 15 is 0 Å². The number of carboxylic acids is 1. The average molecular weight is 272 g/mol. The number of aromatic hydroxyl groups is 1. The lowest BCUT2D eigenvalue weighted by atomic mass is 10.1. The van der Waals surface area contributed by atoms with Crippen molar-refractivity contribution in [1.29, 1.82) is 0 Å². The van der Waals surface area contributed by atoms with Crippen molar-refractivity contribution in [2.45, 2.75) is 6.42 Å². The number of hydrogen-bond donors (Lipinski definition) is 3. The first-order valence-corrected chi connectivity index (χ1v) is 5.82. The molecule has 0 bridgehead atoms. The lowest BCUT2D eigenvalue weighted by Crippen LogP contribution is -2.17. The third kappa shape index (κ3) is 3.32. The first-order valence-electron chi connectivity index (χ1n) is 5.82. The summed E-state index contributed by atoms with van der Waals surface area (Å²) in [6.07, 6.45) is 1.42. The Labute approximate surface area is 114 Å². The molecule has 0 aliphatic rings.